The molecule has 1 aromatic carbocycles. The van der Waals surface area contributed by atoms with Crippen molar-refractivity contribution in [1.29, 1.82) is 0 Å². The predicted octanol–water partition coefficient (Wildman–Crippen LogP) is 2.21. The first-order valence-corrected chi connectivity index (χ1v) is 8.36. The number of amides is 2. The number of rotatable bonds is 4. The number of hydrogen-bond acceptors (Lipinski definition) is 3. The molecule has 1 N–H and O–H groups in total. The number of nitrogens with one attached hydrogen (secondary N) is 1. The molecule has 6 nitrogen and oxygen atoms in total. The van der Waals surface area contributed by atoms with Crippen molar-refractivity contribution in [3.8, 4) is 0 Å². The van der Waals surface area contributed by atoms with Crippen LogP contribution in [0.2, 0.25) is 0 Å². The molecular weight excluding hydrogens is 323 g/mol. The van der Waals surface area contributed by atoms with Crippen LogP contribution in [0.4, 0.5) is 4.39 Å². The molecule has 0 saturated carbocycles. The van der Waals surface area contributed by atoms with Gasteiger partial charge in [0.1, 0.15) is 11.5 Å². The van der Waals surface area contributed by atoms with Gasteiger partial charge >= 0.3 is 0 Å². The van der Waals surface area contributed by atoms with E-state index in [2.05, 4.69) is 10.4 Å². The second-order valence-electron chi connectivity index (χ2n) is 6.47. The quantitative estimate of drug-likeness (QED) is 0.925. The second-order valence-corrected chi connectivity index (χ2v) is 6.47. The molecule has 0 saturated heterocycles. The molecule has 2 aromatic rings. The summed E-state index contributed by atoms with van der Waals surface area (Å²) in [5.41, 5.74) is 1.52. The van der Waals surface area contributed by atoms with E-state index in [1.807, 2.05) is 13.8 Å². The van der Waals surface area contributed by atoms with E-state index in [-0.39, 0.29) is 29.4 Å². The summed E-state index contributed by atoms with van der Waals surface area (Å²) >= 11 is 0. The van der Waals surface area contributed by atoms with Crippen LogP contribution < -0.4 is 5.32 Å². The molecule has 0 aliphatic carbocycles. The van der Waals surface area contributed by atoms with Gasteiger partial charge in [-0.1, -0.05) is 12.1 Å². The highest BCUT2D eigenvalue weighted by molar-refractivity contribution is 5.98. The largest absolute Gasteiger partial charge is 0.348 e. The minimum absolute atomic E-state index is 0.000294. The zero-order chi connectivity index (χ0) is 18.0. The molecule has 0 spiro atoms. The first-order chi connectivity index (χ1) is 11.9. The Labute approximate surface area is 145 Å². The summed E-state index contributed by atoms with van der Waals surface area (Å²) in [7, 11) is 0. The topological polar surface area (TPSA) is 67.2 Å². The summed E-state index contributed by atoms with van der Waals surface area (Å²) in [6.45, 7) is 5.31. The number of halogens is 1. The van der Waals surface area contributed by atoms with Gasteiger partial charge in [-0.2, -0.15) is 5.10 Å². The minimum atomic E-state index is -0.301. The monoisotopic (exact) mass is 344 g/mol. The molecule has 7 heteroatoms. The smallest absolute Gasteiger partial charge is 0.272 e. The van der Waals surface area contributed by atoms with Crippen molar-refractivity contribution in [2.24, 2.45) is 0 Å². The summed E-state index contributed by atoms with van der Waals surface area (Å²) in [4.78, 5) is 26.7. The molecule has 0 unspecified atom stereocenters. The number of fused-ring (bicyclic) bond motifs is 1. The van der Waals surface area contributed by atoms with Gasteiger partial charge in [0.2, 0.25) is 0 Å². The maximum Gasteiger partial charge on any atom is 0.272 e. The lowest BCUT2D eigenvalue weighted by Crippen LogP contribution is -2.31. The van der Waals surface area contributed by atoms with Crippen LogP contribution in [-0.4, -0.2) is 39.1 Å². The Kier molecular flexibility index (Phi) is 4.83. The standard InChI is InChI=1S/C18H21FN4O2/c1-12(2)20-17(24)15-10-16-18(25)22(8-3-9-23(16)21-15)11-13-4-6-14(19)7-5-13/h4-7,10,12H,3,8-9,11H2,1-2H3,(H,20,24). The fourth-order valence-electron chi connectivity index (χ4n) is 2.84. The normalized spacial score (nSPS) is 14.4. The summed E-state index contributed by atoms with van der Waals surface area (Å²) in [5, 5.41) is 7.05. The second kappa shape index (κ2) is 7.04. The van der Waals surface area contributed by atoms with Crippen molar-refractivity contribution >= 4 is 11.8 Å². The highest BCUT2D eigenvalue weighted by atomic mass is 19.1. The lowest BCUT2D eigenvalue weighted by Gasteiger charge is -2.20. The van der Waals surface area contributed by atoms with Gasteiger partial charge in [0.05, 0.1) is 0 Å². The van der Waals surface area contributed by atoms with E-state index < -0.39 is 0 Å². The van der Waals surface area contributed by atoms with Gasteiger partial charge < -0.3 is 10.2 Å². The van der Waals surface area contributed by atoms with Gasteiger partial charge in [0, 0.05) is 31.7 Å². The summed E-state index contributed by atoms with van der Waals surface area (Å²) in [6.07, 6.45) is 0.743. The van der Waals surface area contributed by atoms with Crippen molar-refractivity contribution in [2.75, 3.05) is 6.54 Å². The van der Waals surface area contributed by atoms with Crippen LogP contribution in [0.25, 0.3) is 0 Å². The first-order valence-electron chi connectivity index (χ1n) is 8.36. The van der Waals surface area contributed by atoms with Gasteiger partial charge in [-0.05, 0) is 38.0 Å². The number of hydrogen-bond donors (Lipinski definition) is 1. The third-order valence-electron chi connectivity index (χ3n) is 4.02. The van der Waals surface area contributed by atoms with E-state index >= 15 is 0 Å². The van der Waals surface area contributed by atoms with Gasteiger partial charge in [0.15, 0.2) is 5.69 Å². The van der Waals surface area contributed by atoms with Crippen LogP contribution in [0.1, 0.15) is 46.8 Å². The fourth-order valence-corrected chi connectivity index (χ4v) is 2.84. The van der Waals surface area contributed by atoms with Crippen LogP contribution in [-0.2, 0) is 13.1 Å². The van der Waals surface area contributed by atoms with E-state index in [9.17, 15) is 14.0 Å². The highest BCUT2D eigenvalue weighted by Crippen LogP contribution is 2.17. The van der Waals surface area contributed by atoms with E-state index in [1.165, 1.54) is 12.1 Å². The first kappa shape index (κ1) is 17.1. The Morgan fingerprint density at radius 1 is 1.28 bits per heavy atom. The van der Waals surface area contributed by atoms with E-state index in [4.69, 9.17) is 0 Å². The maximum atomic E-state index is 13.0. The predicted molar refractivity (Wildman–Crippen MR) is 90.6 cm³/mol. The molecule has 0 fully saturated rings. The van der Waals surface area contributed by atoms with E-state index in [0.29, 0.717) is 25.3 Å². The average Bonchev–Trinajstić information content (AvgIpc) is 2.93. The van der Waals surface area contributed by atoms with Crippen LogP contribution in [0.3, 0.4) is 0 Å². The van der Waals surface area contributed by atoms with Crippen molar-refractivity contribution < 1.29 is 14.0 Å². The minimum Gasteiger partial charge on any atom is -0.348 e. The molecule has 2 heterocycles. The van der Waals surface area contributed by atoms with Gasteiger partial charge in [-0.25, -0.2) is 4.39 Å². The molecule has 1 aromatic heterocycles. The molecule has 1 aliphatic heterocycles. The number of benzene rings is 1. The van der Waals surface area contributed by atoms with Crippen LogP contribution in [0.15, 0.2) is 30.3 Å². The Hall–Kier alpha value is -2.70. The maximum absolute atomic E-state index is 13.0. The lowest BCUT2D eigenvalue weighted by molar-refractivity contribution is 0.0745. The van der Waals surface area contributed by atoms with Crippen LogP contribution >= 0.6 is 0 Å². The zero-order valence-corrected chi connectivity index (χ0v) is 14.3. The fraction of sp³-hybridized carbons (Fsp3) is 0.389. The molecule has 0 bridgehead atoms. The molecule has 3 rings (SSSR count). The number of aromatic nitrogens is 2. The molecular formula is C18H21FN4O2. The average molecular weight is 344 g/mol. The molecule has 132 valence electrons. The number of carbonyl (C=O) groups is 2. The summed E-state index contributed by atoms with van der Waals surface area (Å²) < 4.78 is 14.6. The Morgan fingerprint density at radius 3 is 2.68 bits per heavy atom. The SMILES string of the molecule is CC(C)NC(=O)c1cc2n(n1)CCCN(Cc1ccc(F)cc1)C2=O. The molecule has 1 aliphatic rings. The van der Waals surface area contributed by atoms with Gasteiger partial charge in [-0.15, -0.1) is 0 Å². The Balaban J connectivity index is 1.80. The summed E-state index contributed by atoms with van der Waals surface area (Å²) in [6, 6.07) is 7.66. The van der Waals surface area contributed by atoms with E-state index in [1.54, 1.807) is 27.8 Å². The van der Waals surface area contributed by atoms with Crippen molar-refractivity contribution in [3.63, 3.8) is 0 Å². The van der Waals surface area contributed by atoms with Crippen LogP contribution in [0, 0.1) is 5.82 Å². The third kappa shape index (κ3) is 3.87. The van der Waals surface area contributed by atoms with Crippen molar-refractivity contribution in [2.45, 2.75) is 39.4 Å². The van der Waals surface area contributed by atoms with Crippen LogP contribution in [0.5, 0.6) is 0 Å². The molecule has 25 heavy (non-hydrogen) atoms. The highest BCUT2D eigenvalue weighted by Gasteiger charge is 2.26. The number of aryl methyl sites for hydroxylation is 1. The molecule has 2 amide bonds. The Bertz CT molecular complexity index is 783. The van der Waals surface area contributed by atoms with Gasteiger partial charge in [0.25, 0.3) is 11.8 Å². The third-order valence-corrected chi connectivity index (χ3v) is 4.02. The summed E-state index contributed by atoms with van der Waals surface area (Å²) in [5.74, 6) is -0.754. The number of nitrogens with zero attached hydrogens (tertiary/aromatic N) is 3. The lowest BCUT2D eigenvalue weighted by atomic mass is 10.2. The van der Waals surface area contributed by atoms with Crippen molar-refractivity contribution in [1.82, 2.24) is 20.0 Å². The van der Waals surface area contributed by atoms with Gasteiger partial charge in [-0.3, -0.25) is 14.3 Å². The van der Waals surface area contributed by atoms with Crippen molar-refractivity contribution in [3.05, 3.63) is 53.1 Å². The zero-order valence-electron chi connectivity index (χ0n) is 14.3. The molecule has 0 radical (unpaired) electrons. The Morgan fingerprint density at radius 2 is 2.00 bits per heavy atom. The van der Waals surface area contributed by atoms with E-state index in [0.717, 1.165) is 12.0 Å². The molecule has 0 atom stereocenters. The number of carbonyl (C=O) groups excluding carboxylic acids is 2.